The molecule has 90 valence electrons. The predicted octanol–water partition coefficient (Wildman–Crippen LogP) is 3.64. The zero-order valence-corrected chi connectivity index (χ0v) is 9.07. The zero-order chi connectivity index (χ0) is 13.2. The summed E-state index contributed by atoms with van der Waals surface area (Å²) in [6.45, 7) is 0. The Balaban J connectivity index is 2.65. The average molecular weight is 248 g/mol. The third-order valence-corrected chi connectivity index (χ3v) is 2.37. The van der Waals surface area contributed by atoms with Crippen molar-refractivity contribution < 1.29 is 13.2 Å². The largest absolute Gasteiger partial charge is 0.418 e. The lowest BCUT2D eigenvalue weighted by molar-refractivity contribution is -0.137. The van der Waals surface area contributed by atoms with Crippen molar-refractivity contribution in [3.8, 4) is 17.3 Å². The van der Waals surface area contributed by atoms with E-state index in [4.69, 9.17) is 5.26 Å². The van der Waals surface area contributed by atoms with Gasteiger partial charge in [-0.2, -0.15) is 18.4 Å². The molecule has 0 N–H and O–H groups in total. The Bertz CT molecular complexity index is 598. The maximum atomic E-state index is 12.9. The van der Waals surface area contributed by atoms with Crippen molar-refractivity contribution in [2.24, 2.45) is 0 Å². The molecule has 0 saturated heterocycles. The first-order chi connectivity index (χ1) is 8.52. The molecule has 2 rings (SSSR count). The summed E-state index contributed by atoms with van der Waals surface area (Å²) in [6, 6.07) is 10.5. The van der Waals surface area contributed by atoms with Gasteiger partial charge in [-0.05, 0) is 6.07 Å². The smallest absolute Gasteiger partial charge is 0.254 e. The van der Waals surface area contributed by atoms with E-state index in [0.29, 0.717) is 5.56 Å². The van der Waals surface area contributed by atoms with Gasteiger partial charge in [0, 0.05) is 11.8 Å². The van der Waals surface area contributed by atoms with Crippen LogP contribution in [0, 0.1) is 11.3 Å². The van der Waals surface area contributed by atoms with Crippen LogP contribution in [0.4, 0.5) is 13.2 Å². The van der Waals surface area contributed by atoms with Gasteiger partial charge in [0.05, 0.1) is 16.8 Å². The monoisotopic (exact) mass is 248 g/mol. The topological polar surface area (TPSA) is 36.7 Å². The van der Waals surface area contributed by atoms with Gasteiger partial charge in [-0.15, -0.1) is 0 Å². The van der Waals surface area contributed by atoms with Crippen LogP contribution in [0.2, 0.25) is 0 Å². The van der Waals surface area contributed by atoms with Gasteiger partial charge in [-0.1, -0.05) is 30.3 Å². The number of hydrogen-bond acceptors (Lipinski definition) is 2. The van der Waals surface area contributed by atoms with Crippen LogP contribution >= 0.6 is 0 Å². The fourth-order valence-corrected chi connectivity index (χ4v) is 1.57. The number of hydrogen-bond donors (Lipinski definition) is 0. The molecule has 0 aliphatic heterocycles. The Labute approximate surface area is 101 Å². The molecule has 1 aromatic heterocycles. The first kappa shape index (κ1) is 12.1. The Morgan fingerprint density at radius 2 is 1.78 bits per heavy atom. The van der Waals surface area contributed by atoms with Crippen LogP contribution in [0.3, 0.4) is 0 Å². The SMILES string of the molecule is N#Cc1cnc(-c2ccccc2)c(C(F)(F)F)c1. The summed E-state index contributed by atoms with van der Waals surface area (Å²) in [5.74, 6) is 0. The maximum Gasteiger partial charge on any atom is 0.418 e. The van der Waals surface area contributed by atoms with E-state index >= 15 is 0 Å². The molecule has 2 aromatic rings. The van der Waals surface area contributed by atoms with Gasteiger partial charge in [0.15, 0.2) is 0 Å². The van der Waals surface area contributed by atoms with E-state index in [9.17, 15) is 13.2 Å². The van der Waals surface area contributed by atoms with Gasteiger partial charge in [0.2, 0.25) is 0 Å². The molecule has 0 saturated carbocycles. The number of aromatic nitrogens is 1. The summed E-state index contributed by atoms with van der Waals surface area (Å²) in [5.41, 5.74) is -0.800. The van der Waals surface area contributed by atoms with Gasteiger partial charge < -0.3 is 0 Å². The predicted molar refractivity (Wildman–Crippen MR) is 59.4 cm³/mol. The minimum absolute atomic E-state index is 0.109. The molecule has 0 amide bonds. The number of pyridine rings is 1. The molecule has 18 heavy (non-hydrogen) atoms. The highest BCUT2D eigenvalue weighted by Crippen LogP contribution is 2.36. The first-order valence-corrected chi connectivity index (χ1v) is 5.05. The second-order valence-electron chi connectivity index (χ2n) is 3.60. The quantitative estimate of drug-likeness (QED) is 0.772. The van der Waals surface area contributed by atoms with Crippen LogP contribution in [0.15, 0.2) is 42.6 Å². The highest BCUT2D eigenvalue weighted by molar-refractivity contribution is 5.64. The maximum absolute atomic E-state index is 12.9. The summed E-state index contributed by atoms with van der Waals surface area (Å²) >= 11 is 0. The number of nitriles is 1. The lowest BCUT2D eigenvalue weighted by Gasteiger charge is -2.12. The second-order valence-corrected chi connectivity index (χ2v) is 3.60. The molecule has 0 fully saturated rings. The minimum Gasteiger partial charge on any atom is -0.254 e. The number of rotatable bonds is 1. The summed E-state index contributed by atoms with van der Waals surface area (Å²) in [7, 11) is 0. The lowest BCUT2D eigenvalue weighted by Crippen LogP contribution is -2.09. The van der Waals surface area contributed by atoms with E-state index in [0.717, 1.165) is 12.3 Å². The Morgan fingerprint density at radius 3 is 2.33 bits per heavy atom. The van der Waals surface area contributed by atoms with E-state index in [-0.39, 0.29) is 11.3 Å². The zero-order valence-electron chi connectivity index (χ0n) is 9.07. The second kappa shape index (κ2) is 4.49. The van der Waals surface area contributed by atoms with Gasteiger partial charge in [-0.3, -0.25) is 4.98 Å². The minimum atomic E-state index is -4.54. The summed E-state index contributed by atoms with van der Waals surface area (Å²) in [6.07, 6.45) is -3.40. The van der Waals surface area contributed by atoms with Crippen molar-refractivity contribution in [2.45, 2.75) is 6.18 Å². The van der Waals surface area contributed by atoms with Crippen molar-refractivity contribution in [1.29, 1.82) is 5.26 Å². The van der Waals surface area contributed by atoms with Crippen molar-refractivity contribution >= 4 is 0 Å². The highest BCUT2D eigenvalue weighted by Gasteiger charge is 2.34. The molecule has 0 unspecified atom stereocenters. The van der Waals surface area contributed by atoms with Gasteiger partial charge in [0.1, 0.15) is 6.07 Å². The molecule has 0 aliphatic carbocycles. The molecule has 0 spiro atoms. The Hall–Kier alpha value is -2.35. The Morgan fingerprint density at radius 1 is 1.11 bits per heavy atom. The van der Waals surface area contributed by atoms with Crippen molar-refractivity contribution in [3.05, 3.63) is 53.7 Å². The van der Waals surface area contributed by atoms with Crippen LogP contribution in [0.25, 0.3) is 11.3 Å². The fourth-order valence-electron chi connectivity index (χ4n) is 1.57. The number of alkyl halides is 3. The number of nitrogens with zero attached hydrogens (tertiary/aromatic N) is 2. The third kappa shape index (κ3) is 2.33. The van der Waals surface area contributed by atoms with Gasteiger partial charge in [0.25, 0.3) is 0 Å². The molecular weight excluding hydrogens is 241 g/mol. The molecular formula is C13H7F3N2. The molecule has 2 nitrogen and oxygen atoms in total. The first-order valence-electron chi connectivity index (χ1n) is 5.05. The van der Waals surface area contributed by atoms with E-state index in [1.54, 1.807) is 36.4 Å². The summed E-state index contributed by atoms with van der Waals surface area (Å²) in [4.78, 5) is 3.74. The molecule has 0 aliphatic rings. The van der Waals surface area contributed by atoms with E-state index in [1.807, 2.05) is 0 Å². The van der Waals surface area contributed by atoms with Gasteiger partial charge in [-0.25, -0.2) is 0 Å². The van der Waals surface area contributed by atoms with E-state index < -0.39 is 11.7 Å². The summed E-state index contributed by atoms with van der Waals surface area (Å²) < 4.78 is 38.7. The number of halogens is 3. The number of benzene rings is 1. The van der Waals surface area contributed by atoms with Crippen LogP contribution in [0.1, 0.15) is 11.1 Å². The fraction of sp³-hybridized carbons (Fsp3) is 0.0769. The van der Waals surface area contributed by atoms with Crippen molar-refractivity contribution in [3.63, 3.8) is 0 Å². The molecule has 5 heteroatoms. The van der Waals surface area contributed by atoms with Crippen LogP contribution < -0.4 is 0 Å². The molecule has 0 radical (unpaired) electrons. The third-order valence-electron chi connectivity index (χ3n) is 2.37. The molecule has 0 atom stereocenters. The van der Waals surface area contributed by atoms with Crippen molar-refractivity contribution in [1.82, 2.24) is 4.98 Å². The molecule has 1 aromatic carbocycles. The Kier molecular flexibility index (Phi) is 3.02. The van der Waals surface area contributed by atoms with E-state index in [2.05, 4.69) is 4.98 Å². The molecule has 1 heterocycles. The highest BCUT2D eigenvalue weighted by atomic mass is 19.4. The van der Waals surface area contributed by atoms with E-state index in [1.165, 1.54) is 0 Å². The average Bonchev–Trinajstić information content (AvgIpc) is 2.38. The molecule has 0 bridgehead atoms. The standard InChI is InChI=1S/C13H7F3N2/c14-13(15,16)11-6-9(7-17)8-18-12(11)10-4-2-1-3-5-10/h1-6,8H. The van der Waals surface area contributed by atoms with Crippen LogP contribution in [-0.4, -0.2) is 4.98 Å². The van der Waals surface area contributed by atoms with Crippen LogP contribution in [-0.2, 0) is 6.18 Å². The summed E-state index contributed by atoms with van der Waals surface area (Å²) in [5, 5.41) is 8.63. The van der Waals surface area contributed by atoms with Crippen molar-refractivity contribution in [2.75, 3.05) is 0 Å². The van der Waals surface area contributed by atoms with Crippen LogP contribution in [0.5, 0.6) is 0 Å². The van der Waals surface area contributed by atoms with Gasteiger partial charge >= 0.3 is 6.18 Å². The lowest BCUT2D eigenvalue weighted by atomic mass is 10.0. The normalized spacial score (nSPS) is 11.0.